The minimum absolute atomic E-state index is 0.171. The van der Waals surface area contributed by atoms with Crippen molar-refractivity contribution in [2.75, 3.05) is 6.61 Å². The van der Waals surface area contributed by atoms with Crippen molar-refractivity contribution in [1.82, 2.24) is 9.62 Å². The number of ether oxygens (including phenoxy) is 1. The lowest BCUT2D eigenvalue weighted by molar-refractivity contribution is 0.159. The molecule has 84 valence electrons. The number of cyclic esters (lactones) is 1. The molecule has 1 atom stereocenters. The summed E-state index contributed by atoms with van der Waals surface area (Å²) in [5, 5.41) is 0. The molecule has 1 aromatic carbocycles. The van der Waals surface area contributed by atoms with Crippen LogP contribution in [0.5, 0.6) is 0 Å². The predicted octanol–water partition coefficient (Wildman–Crippen LogP) is 1.73. The van der Waals surface area contributed by atoms with Crippen molar-refractivity contribution >= 4 is 24.9 Å². The minimum Gasteiger partial charge on any atom is -0.446 e. The number of nitrogens with zero attached hydrogens (tertiary/aromatic N) is 1. The van der Waals surface area contributed by atoms with Gasteiger partial charge in [0, 0.05) is 0 Å². The Hall–Kier alpha value is -1.69. The number of hydrogen-bond acceptors (Lipinski definition) is 4. The van der Waals surface area contributed by atoms with Gasteiger partial charge in [0.05, 0.1) is 0 Å². The molecule has 1 fully saturated rings. The zero-order chi connectivity index (χ0) is 11.5. The average molecular weight is 238 g/mol. The number of imide groups is 1. The Morgan fingerprint density at radius 1 is 1.44 bits per heavy atom. The van der Waals surface area contributed by atoms with E-state index in [0.717, 1.165) is 10.5 Å². The molecule has 1 N–H and O–H groups in total. The number of thiol groups is 1. The van der Waals surface area contributed by atoms with Gasteiger partial charge >= 0.3 is 12.1 Å². The highest BCUT2D eigenvalue weighted by molar-refractivity contribution is 7.78. The SMILES string of the molecule is O=C(NS)N1C(=O)OC[C@@H]1c1ccccc1. The first kappa shape index (κ1) is 10.8. The third kappa shape index (κ3) is 1.83. The first-order chi connectivity index (χ1) is 7.74. The highest BCUT2D eigenvalue weighted by atomic mass is 32.1. The number of nitrogens with one attached hydrogen (secondary N) is 1. The van der Waals surface area contributed by atoms with Crippen LogP contribution in [0.25, 0.3) is 0 Å². The van der Waals surface area contributed by atoms with Crippen molar-refractivity contribution < 1.29 is 14.3 Å². The van der Waals surface area contributed by atoms with Crippen molar-refractivity contribution in [3.8, 4) is 0 Å². The monoisotopic (exact) mass is 238 g/mol. The highest BCUT2D eigenvalue weighted by Gasteiger charge is 2.38. The molecule has 1 saturated heterocycles. The second kappa shape index (κ2) is 4.44. The van der Waals surface area contributed by atoms with Gasteiger partial charge in [-0.2, -0.15) is 0 Å². The number of carbonyl (C=O) groups excluding carboxylic acids is 2. The molecular weight excluding hydrogens is 228 g/mol. The van der Waals surface area contributed by atoms with Crippen molar-refractivity contribution in [1.29, 1.82) is 0 Å². The molecule has 0 bridgehead atoms. The Kier molecular flexibility index (Phi) is 3.00. The molecular formula is C10H10N2O3S. The number of urea groups is 1. The van der Waals surface area contributed by atoms with Gasteiger partial charge < -0.3 is 4.74 Å². The third-order valence-corrected chi connectivity index (χ3v) is 2.56. The van der Waals surface area contributed by atoms with Gasteiger partial charge in [-0.15, -0.1) is 0 Å². The first-order valence-corrected chi connectivity index (χ1v) is 5.13. The fourth-order valence-electron chi connectivity index (χ4n) is 1.62. The maximum Gasteiger partial charge on any atom is 0.418 e. The first-order valence-electron chi connectivity index (χ1n) is 4.69. The van der Waals surface area contributed by atoms with Crippen molar-refractivity contribution in [3.63, 3.8) is 0 Å². The molecule has 6 heteroatoms. The Bertz CT molecular complexity index is 410. The molecule has 0 radical (unpaired) electrons. The summed E-state index contributed by atoms with van der Waals surface area (Å²) in [6.07, 6.45) is -0.652. The van der Waals surface area contributed by atoms with Gasteiger partial charge in [-0.05, 0) is 5.56 Å². The van der Waals surface area contributed by atoms with Crippen LogP contribution in [0.15, 0.2) is 30.3 Å². The quantitative estimate of drug-likeness (QED) is 0.732. The predicted molar refractivity (Wildman–Crippen MR) is 59.9 cm³/mol. The fraction of sp³-hybridized carbons (Fsp3) is 0.200. The topological polar surface area (TPSA) is 58.6 Å². The zero-order valence-corrected chi connectivity index (χ0v) is 9.18. The maximum atomic E-state index is 11.4. The summed E-state index contributed by atoms with van der Waals surface area (Å²) >= 11 is 3.64. The van der Waals surface area contributed by atoms with E-state index in [0.29, 0.717) is 0 Å². The van der Waals surface area contributed by atoms with E-state index in [4.69, 9.17) is 4.74 Å². The van der Waals surface area contributed by atoms with Gasteiger partial charge in [0.1, 0.15) is 12.6 Å². The summed E-state index contributed by atoms with van der Waals surface area (Å²) in [5.41, 5.74) is 0.852. The molecule has 1 heterocycles. The van der Waals surface area contributed by atoms with Gasteiger partial charge in [0.25, 0.3) is 0 Å². The van der Waals surface area contributed by atoms with Crippen LogP contribution in [0.1, 0.15) is 11.6 Å². The smallest absolute Gasteiger partial charge is 0.418 e. The van der Waals surface area contributed by atoms with Gasteiger partial charge in [0.2, 0.25) is 0 Å². The zero-order valence-electron chi connectivity index (χ0n) is 8.29. The van der Waals surface area contributed by atoms with Crippen molar-refractivity contribution in [3.05, 3.63) is 35.9 Å². The van der Waals surface area contributed by atoms with Gasteiger partial charge in [-0.1, -0.05) is 43.1 Å². The lowest BCUT2D eigenvalue weighted by Gasteiger charge is -2.18. The summed E-state index contributed by atoms with van der Waals surface area (Å²) in [6.45, 7) is 0.171. The van der Waals surface area contributed by atoms with Gasteiger partial charge in [-0.3, -0.25) is 4.72 Å². The van der Waals surface area contributed by atoms with E-state index in [9.17, 15) is 9.59 Å². The van der Waals surface area contributed by atoms with E-state index >= 15 is 0 Å². The molecule has 0 unspecified atom stereocenters. The van der Waals surface area contributed by atoms with Crippen LogP contribution in [-0.2, 0) is 4.74 Å². The average Bonchev–Trinajstić information content (AvgIpc) is 2.71. The minimum atomic E-state index is -0.652. The van der Waals surface area contributed by atoms with Crippen LogP contribution in [-0.4, -0.2) is 23.6 Å². The van der Waals surface area contributed by atoms with E-state index in [1.807, 2.05) is 30.3 Å². The number of amides is 3. The summed E-state index contributed by atoms with van der Waals surface area (Å²) in [6, 6.07) is 8.26. The Labute approximate surface area is 97.9 Å². The van der Waals surface area contributed by atoms with Crippen LogP contribution < -0.4 is 4.72 Å². The fourth-order valence-corrected chi connectivity index (χ4v) is 1.73. The molecule has 5 nitrogen and oxygen atoms in total. The molecule has 2 rings (SSSR count). The molecule has 16 heavy (non-hydrogen) atoms. The molecule has 1 aliphatic rings. The molecule has 0 aliphatic carbocycles. The summed E-state index contributed by atoms with van der Waals surface area (Å²) in [7, 11) is 0. The highest BCUT2D eigenvalue weighted by Crippen LogP contribution is 2.27. The normalized spacial score (nSPS) is 19.4. The van der Waals surface area contributed by atoms with Crippen LogP contribution >= 0.6 is 12.8 Å². The van der Waals surface area contributed by atoms with Crippen LogP contribution in [0.2, 0.25) is 0 Å². The van der Waals surface area contributed by atoms with Crippen LogP contribution in [0.4, 0.5) is 9.59 Å². The number of hydrogen-bond donors (Lipinski definition) is 2. The largest absolute Gasteiger partial charge is 0.446 e. The number of rotatable bonds is 1. The lowest BCUT2D eigenvalue weighted by Crippen LogP contribution is -2.38. The summed E-state index contributed by atoms with van der Waals surface area (Å²) in [4.78, 5) is 23.8. The number of benzene rings is 1. The lowest BCUT2D eigenvalue weighted by atomic mass is 10.1. The summed E-state index contributed by atoms with van der Waals surface area (Å²) in [5.74, 6) is 0. The number of carbonyl (C=O) groups is 2. The second-order valence-electron chi connectivity index (χ2n) is 3.29. The van der Waals surface area contributed by atoms with Crippen LogP contribution in [0, 0.1) is 0 Å². The standard InChI is InChI=1S/C10H10N2O3S/c13-9(11-16)12-8(6-15-10(12)14)7-4-2-1-3-5-7/h1-5,8,16H,6H2,(H,11,13)/t8-/m1/s1. The van der Waals surface area contributed by atoms with Gasteiger partial charge in [-0.25, -0.2) is 14.5 Å². The summed E-state index contributed by atoms with van der Waals surface area (Å²) < 4.78 is 6.97. The third-order valence-electron chi connectivity index (χ3n) is 2.37. The molecule has 1 aromatic rings. The van der Waals surface area contributed by atoms with Crippen LogP contribution in [0.3, 0.4) is 0 Å². The maximum absolute atomic E-state index is 11.4. The van der Waals surface area contributed by atoms with Crippen molar-refractivity contribution in [2.24, 2.45) is 0 Å². The molecule has 1 aliphatic heterocycles. The van der Waals surface area contributed by atoms with E-state index in [1.54, 1.807) is 0 Å². The molecule has 0 saturated carbocycles. The van der Waals surface area contributed by atoms with E-state index in [1.165, 1.54) is 0 Å². The van der Waals surface area contributed by atoms with E-state index in [-0.39, 0.29) is 12.6 Å². The van der Waals surface area contributed by atoms with Crippen molar-refractivity contribution in [2.45, 2.75) is 6.04 Å². The molecule has 0 spiro atoms. The Morgan fingerprint density at radius 3 is 2.75 bits per heavy atom. The molecule has 3 amide bonds. The molecule has 0 aromatic heterocycles. The second-order valence-corrected chi connectivity index (χ2v) is 3.51. The Morgan fingerprint density at radius 2 is 2.12 bits per heavy atom. The van der Waals surface area contributed by atoms with E-state index < -0.39 is 12.1 Å². The van der Waals surface area contributed by atoms with E-state index in [2.05, 4.69) is 17.5 Å². The van der Waals surface area contributed by atoms with Gasteiger partial charge in [0.15, 0.2) is 0 Å². The Balaban J connectivity index is 2.28.